The van der Waals surface area contributed by atoms with Gasteiger partial charge in [-0.2, -0.15) is 9.64 Å². The molecule has 1 aromatic heterocycles. The van der Waals surface area contributed by atoms with E-state index in [1.165, 1.54) is 12.1 Å². The molecule has 0 unspecified atom stereocenters. The van der Waals surface area contributed by atoms with E-state index < -0.39 is 5.82 Å². The maximum absolute atomic E-state index is 13.3. The molecule has 0 saturated heterocycles. The SMILES string of the molecule is CN(Cc1ccc(Cl)c(F)c1)c1snc(Cl)c1C#N. The van der Waals surface area contributed by atoms with Crippen molar-refractivity contribution < 1.29 is 4.39 Å². The van der Waals surface area contributed by atoms with Crippen LogP contribution in [0.5, 0.6) is 0 Å². The average Bonchev–Trinajstić information content (AvgIpc) is 2.75. The van der Waals surface area contributed by atoms with Crippen LogP contribution >= 0.6 is 34.7 Å². The van der Waals surface area contributed by atoms with E-state index >= 15 is 0 Å². The fraction of sp³-hybridized carbons (Fsp3) is 0.167. The topological polar surface area (TPSA) is 39.9 Å². The molecule has 0 aliphatic rings. The number of halogens is 3. The van der Waals surface area contributed by atoms with Crippen LogP contribution in [0.2, 0.25) is 10.2 Å². The Morgan fingerprint density at radius 3 is 2.84 bits per heavy atom. The number of hydrogen-bond acceptors (Lipinski definition) is 4. The first-order valence-electron chi connectivity index (χ1n) is 5.23. The van der Waals surface area contributed by atoms with Gasteiger partial charge in [-0.1, -0.05) is 29.3 Å². The van der Waals surface area contributed by atoms with Crippen molar-refractivity contribution in [1.29, 1.82) is 5.26 Å². The summed E-state index contributed by atoms with van der Waals surface area (Å²) in [6.45, 7) is 0.432. The second-order valence-corrected chi connectivity index (χ2v) is 5.39. The Balaban J connectivity index is 2.23. The number of anilines is 1. The fourth-order valence-electron chi connectivity index (χ4n) is 1.60. The first kappa shape index (κ1) is 14.1. The second kappa shape index (κ2) is 5.74. The number of benzene rings is 1. The zero-order chi connectivity index (χ0) is 14.0. The van der Waals surface area contributed by atoms with E-state index in [9.17, 15) is 4.39 Å². The van der Waals surface area contributed by atoms with Crippen molar-refractivity contribution in [2.75, 3.05) is 11.9 Å². The van der Waals surface area contributed by atoms with Gasteiger partial charge in [-0.15, -0.1) is 0 Å². The van der Waals surface area contributed by atoms with Crippen LogP contribution in [0.15, 0.2) is 18.2 Å². The minimum Gasteiger partial charge on any atom is -0.360 e. The van der Waals surface area contributed by atoms with Crippen molar-refractivity contribution in [2.24, 2.45) is 0 Å². The summed E-state index contributed by atoms with van der Waals surface area (Å²) in [5, 5.41) is 9.95. The molecule has 0 fully saturated rings. The molecular formula is C12H8Cl2FN3S. The van der Waals surface area contributed by atoms with E-state index in [0.29, 0.717) is 17.1 Å². The quantitative estimate of drug-likeness (QED) is 0.856. The first-order chi connectivity index (χ1) is 9.02. The molecule has 0 aliphatic carbocycles. The summed E-state index contributed by atoms with van der Waals surface area (Å²) in [7, 11) is 1.79. The van der Waals surface area contributed by atoms with Crippen LogP contribution in [0.1, 0.15) is 11.1 Å². The Bertz CT molecular complexity index is 651. The number of aromatic nitrogens is 1. The molecule has 1 aromatic carbocycles. The van der Waals surface area contributed by atoms with Crippen LogP contribution in [0.3, 0.4) is 0 Å². The smallest absolute Gasteiger partial charge is 0.162 e. The number of nitrogens with zero attached hydrogens (tertiary/aromatic N) is 3. The third-order valence-electron chi connectivity index (χ3n) is 2.49. The molecule has 0 aliphatic heterocycles. The Labute approximate surface area is 124 Å². The molecule has 0 radical (unpaired) electrons. The lowest BCUT2D eigenvalue weighted by molar-refractivity contribution is 0.625. The second-order valence-electron chi connectivity index (χ2n) is 3.87. The Morgan fingerprint density at radius 2 is 2.21 bits per heavy atom. The van der Waals surface area contributed by atoms with Gasteiger partial charge in [-0.25, -0.2) is 4.39 Å². The van der Waals surface area contributed by atoms with Gasteiger partial charge in [0.1, 0.15) is 22.5 Å². The number of hydrogen-bond donors (Lipinski definition) is 0. The molecule has 0 saturated carbocycles. The van der Waals surface area contributed by atoms with E-state index in [2.05, 4.69) is 4.37 Å². The predicted molar refractivity (Wildman–Crippen MR) is 75.4 cm³/mol. The van der Waals surface area contributed by atoms with Gasteiger partial charge in [0.15, 0.2) is 5.15 Å². The normalized spacial score (nSPS) is 10.3. The largest absolute Gasteiger partial charge is 0.360 e. The summed E-state index contributed by atoms with van der Waals surface area (Å²) in [5.41, 5.74) is 1.08. The summed E-state index contributed by atoms with van der Waals surface area (Å²) in [5.74, 6) is -0.463. The van der Waals surface area contributed by atoms with Crippen molar-refractivity contribution in [3.63, 3.8) is 0 Å². The Morgan fingerprint density at radius 1 is 1.47 bits per heavy atom. The highest BCUT2D eigenvalue weighted by atomic mass is 35.5. The standard InChI is InChI=1S/C12H8Cl2FN3S/c1-18(12-8(5-16)11(14)17-19-12)6-7-2-3-9(13)10(15)4-7/h2-4H,6H2,1H3. The molecule has 19 heavy (non-hydrogen) atoms. The van der Waals surface area contributed by atoms with Crippen LogP contribution in [0.25, 0.3) is 0 Å². The highest BCUT2D eigenvalue weighted by molar-refractivity contribution is 7.10. The van der Waals surface area contributed by atoms with E-state index in [0.717, 1.165) is 17.1 Å². The van der Waals surface area contributed by atoms with Crippen molar-refractivity contribution >= 4 is 39.7 Å². The molecule has 2 aromatic rings. The zero-order valence-electron chi connectivity index (χ0n) is 9.82. The van der Waals surface area contributed by atoms with Crippen molar-refractivity contribution in [2.45, 2.75) is 6.54 Å². The highest BCUT2D eigenvalue weighted by Crippen LogP contribution is 2.31. The van der Waals surface area contributed by atoms with Crippen molar-refractivity contribution in [3.8, 4) is 6.07 Å². The molecule has 0 atom stereocenters. The van der Waals surface area contributed by atoms with Gasteiger partial charge in [0.05, 0.1) is 5.02 Å². The maximum Gasteiger partial charge on any atom is 0.162 e. The van der Waals surface area contributed by atoms with E-state index in [-0.39, 0.29) is 10.2 Å². The molecule has 98 valence electrons. The lowest BCUT2D eigenvalue weighted by Crippen LogP contribution is -2.16. The van der Waals surface area contributed by atoms with Crippen LogP contribution in [-0.4, -0.2) is 11.4 Å². The fourth-order valence-corrected chi connectivity index (χ4v) is 2.71. The third kappa shape index (κ3) is 2.98. The third-order valence-corrected chi connectivity index (χ3v) is 4.14. The van der Waals surface area contributed by atoms with Gasteiger partial charge >= 0.3 is 0 Å². The molecule has 0 bridgehead atoms. The molecule has 2 rings (SSSR count). The maximum atomic E-state index is 13.3. The molecule has 1 heterocycles. The Hall–Kier alpha value is -1.35. The molecular weight excluding hydrogens is 308 g/mol. The van der Waals surface area contributed by atoms with Gasteiger partial charge in [-0.05, 0) is 29.2 Å². The minimum atomic E-state index is -0.463. The van der Waals surface area contributed by atoms with Crippen LogP contribution < -0.4 is 4.90 Å². The molecule has 0 amide bonds. The Kier molecular flexibility index (Phi) is 4.25. The van der Waals surface area contributed by atoms with Crippen LogP contribution in [0.4, 0.5) is 9.39 Å². The molecule has 0 spiro atoms. The van der Waals surface area contributed by atoms with Crippen LogP contribution in [0, 0.1) is 17.1 Å². The monoisotopic (exact) mass is 315 g/mol. The van der Waals surface area contributed by atoms with Gasteiger partial charge in [0.25, 0.3) is 0 Å². The summed E-state index contributed by atoms with van der Waals surface area (Å²) >= 11 is 12.6. The van der Waals surface area contributed by atoms with Gasteiger partial charge in [0.2, 0.25) is 0 Å². The van der Waals surface area contributed by atoms with E-state index in [1.807, 2.05) is 6.07 Å². The predicted octanol–water partition coefficient (Wildman–Crippen LogP) is 4.10. The molecule has 0 N–H and O–H groups in total. The minimum absolute atomic E-state index is 0.0879. The van der Waals surface area contributed by atoms with E-state index in [1.54, 1.807) is 18.0 Å². The summed E-state index contributed by atoms with van der Waals surface area (Å²) < 4.78 is 17.3. The van der Waals surface area contributed by atoms with Gasteiger partial charge < -0.3 is 4.90 Å². The highest BCUT2D eigenvalue weighted by Gasteiger charge is 2.16. The van der Waals surface area contributed by atoms with Gasteiger partial charge in [-0.3, -0.25) is 0 Å². The van der Waals surface area contributed by atoms with Crippen molar-refractivity contribution in [1.82, 2.24) is 4.37 Å². The lowest BCUT2D eigenvalue weighted by Gasteiger charge is -2.17. The van der Waals surface area contributed by atoms with Gasteiger partial charge in [0, 0.05) is 13.6 Å². The molecule has 7 heteroatoms. The summed E-state index contributed by atoms with van der Waals surface area (Å²) in [6, 6.07) is 6.62. The number of nitriles is 1. The summed E-state index contributed by atoms with van der Waals surface area (Å²) in [6.07, 6.45) is 0. The zero-order valence-corrected chi connectivity index (χ0v) is 12.2. The lowest BCUT2D eigenvalue weighted by atomic mass is 10.2. The average molecular weight is 316 g/mol. The van der Waals surface area contributed by atoms with Crippen LogP contribution in [-0.2, 0) is 6.54 Å². The first-order valence-corrected chi connectivity index (χ1v) is 6.76. The summed E-state index contributed by atoms with van der Waals surface area (Å²) in [4.78, 5) is 1.80. The number of rotatable bonds is 3. The van der Waals surface area contributed by atoms with Crippen molar-refractivity contribution in [3.05, 3.63) is 45.3 Å². The molecule has 3 nitrogen and oxygen atoms in total. The van der Waals surface area contributed by atoms with E-state index in [4.69, 9.17) is 28.5 Å².